The second kappa shape index (κ2) is 22.0. The van der Waals surface area contributed by atoms with Gasteiger partial charge in [0.15, 0.2) is 0 Å². The molecule has 0 aromatic carbocycles. The Bertz CT molecular complexity index is 95.1. The van der Waals surface area contributed by atoms with E-state index in [1.807, 2.05) is 0 Å². The van der Waals surface area contributed by atoms with Crippen molar-refractivity contribution in [1.82, 2.24) is 0 Å². The molecule has 0 heterocycles. The summed E-state index contributed by atoms with van der Waals surface area (Å²) < 4.78 is 7.02. The molecule has 0 unspecified atom stereocenters. The molecule has 0 aromatic heterocycles. The first kappa shape index (κ1) is 20.1. The van der Waals surface area contributed by atoms with Gasteiger partial charge >= 0.3 is 50.3 Å². The summed E-state index contributed by atoms with van der Waals surface area (Å²) in [4.78, 5) is 2.40. The summed E-state index contributed by atoms with van der Waals surface area (Å²) in [7, 11) is 0. The van der Waals surface area contributed by atoms with Crippen LogP contribution < -0.4 is 0 Å². The molecule has 0 aliphatic rings. The molecule has 1 nitrogen and oxygen atoms in total. The van der Waals surface area contributed by atoms with Gasteiger partial charge in [0.25, 0.3) is 0 Å². The summed E-state index contributed by atoms with van der Waals surface area (Å²) in [5.41, 5.74) is 0. The fourth-order valence-electron chi connectivity index (χ4n) is 1.36. The Kier molecular flexibility index (Phi) is 26.0. The standard InChI is InChI=1S/C10H22O.C4H9.CH3.Sn/c1-3-5-7-9-11-10-8-6-4-2;1-3-4-2;;/h3-10H2,1-2H3;1,3-4H2,2H3;1H3;. The van der Waals surface area contributed by atoms with E-state index >= 15 is 0 Å². The van der Waals surface area contributed by atoms with Crippen LogP contribution in [0.15, 0.2) is 0 Å². The Balaban J connectivity index is 0. The van der Waals surface area contributed by atoms with Crippen LogP contribution >= 0.6 is 0 Å². The average Bonchev–Trinajstić information content (AvgIpc) is 2.36. The summed E-state index contributed by atoms with van der Waals surface area (Å²) in [6.07, 6.45) is 10.6. The van der Waals surface area contributed by atoms with Crippen LogP contribution in [0.2, 0.25) is 9.38 Å². The fraction of sp³-hybridized carbons (Fsp3) is 1.00. The second-order valence-corrected chi connectivity index (χ2v) is 7.93. The predicted octanol–water partition coefficient (Wildman–Crippen LogP) is 5.34. The molecule has 0 spiro atoms. The van der Waals surface area contributed by atoms with Crippen molar-refractivity contribution in [2.24, 2.45) is 0 Å². The molecule has 0 saturated heterocycles. The van der Waals surface area contributed by atoms with Gasteiger partial charge in [-0.05, 0) is 12.8 Å². The van der Waals surface area contributed by atoms with Gasteiger partial charge in [-0.1, -0.05) is 39.5 Å². The molecule has 0 N–H and O–H groups in total. The van der Waals surface area contributed by atoms with Crippen LogP contribution in [0.25, 0.3) is 0 Å². The predicted molar refractivity (Wildman–Crippen MR) is 81.2 cm³/mol. The Morgan fingerprint density at radius 1 is 0.706 bits per heavy atom. The molecule has 0 amide bonds. The fourth-order valence-corrected chi connectivity index (χ4v) is 3.38. The summed E-state index contributed by atoms with van der Waals surface area (Å²) in [6, 6.07) is 0. The SMILES string of the molecule is CCCCCOCCCCC.CCC[CH2][Sn][CH3]. The van der Waals surface area contributed by atoms with Crippen molar-refractivity contribution in [3.8, 4) is 0 Å². The Labute approximate surface area is 120 Å². The molecule has 2 radical (unpaired) electrons. The molecule has 0 saturated carbocycles. The summed E-state index contributed by atoms with van der Waals surface area (Å²) in [5, 5.41) is 0. The van der Waals surface area contributed by atoms with Crippen molar-refractivity contribution >= 4 is 21.1 Å². The topological polar surface area (TPSA) is 9.23 Å². The first-order valence-electron chi connectivity index (χ1n) is 7.55. The van der Waals surface area contributed by atoms with Crippen LogP contribution in [0.5, 0.6) is 0 Å². The van der Waals surface area contributed by atoms with E-state index in [9.17, 15) is 0 Å². The monoisotopic (exact) mass is 350 g/mol. The number of unbranched alkanes of at least 4 members (excludes halogenated alkanes) is 5. The number of rotatable bonds is 11. The summed E-state index contributed by atoms with van der Waals surface area (Å²) in [6.45, 7) is 8.64. The normalized spacial score (nSPS) is 9.88. The Morgan fingerprint density at radius 3 is 1.47 bits per heavy atom. The van der Waals surface area contributed by atoms with E-state index in [1.165, 1.54) is 51.4 Å². The average molecular weight is 349 g/mol. The van der Waals surface area contributed by atoms with Gasteiger partial charge < -0.3 is 4.74 Å². The first-order chi connectivity index (χ1) is 8.33. The number of hydrogen-bond acceptors (Lipinski definition) is 1. The zero-order valence-electron chi connectivity index (χ0n) is 12.7. The third-order valence-electron chi connectivity index (χ3n) is 2.56. The van der Waals surface area contributed by atoms with E-state index in [0.29, 0.717) is 0 Å². The van der Waals surface area contributed by atoms with Crippen molar-refractivity contribution in [2.45, 2.75) is 81.5 Å². The van der Waals surface area contributed by atoms with Crippen molar-refractivity contribution in [1.29, 1.82) is 0 Å². The molecular formula is C15H34OSn. The summed E-state index contributed by atoms with van der Waals surface area (Å²) in [5.74, 6) is 0. The maximum absolute atomic E-state index is 5.44. The van der Waals surface area contributed by atoms with Gasteiger partial charge in [0.1, 0.15) is 0 Å². The van der Waals surface area contributed by atoms with Crippen LogP contribution in [0.4, 0.5) is 0 Å². The maximum atomic E-state index is 5.44. The summed E-state index contributed by atoms with van der Waals surface area (Å²) >= 11 is 0.190. The molecule has 0 aliphatic heterocycles. The molecule has 0 atom stereocenters. The molecular weight excluding hydrogens is 315 g/mol. The molecule has 0 aromatic rings. The van der Waals surface area contributed by atoms with Gasteiger partial charge in [-0.2, -0.15) is 0 Å². The van der Waals surface area contributed by atoms with Crippen LogP contribution in [0.1, 0.15) is 72.1 Å². The first-order valence-corrected chi connectivity index (χ1v) is 12.4. The minimum atomic E-state index is 0.190. The molecule has 0 bridgehead atoms. The van der Waals surface area contributed by atoms with Crippen molar-refractivity contribution in [2.75, 3.05) is 13.2 Å². The van der Waals surface area contributed by atoms with Gasteiger partial charge in [-0.3, -0.25) is 0 Å². The third-order valence-corrected chi connectivity index (χ3v) is 5.00. The number of ether oxygens (including phenoxy) is 1. The van der Waals surface area contributed by atoms with Crippen LogP contribution in [-0.2, 0) is 4.74 Å². The van der Waals surface area contributed by atoms with Crippen molar-refractivity contribution in [3.63, 3.8) is 0 Å². The molecule has 17 heavy (non-hydrogen) atoms. The van der Waals surface area contributed by atoms with Crippen molar-refractivity contribution < 1.29 is 4.74 Å². The van der Waals surface area contributed by atoms with Crippen molar-refractivity contribution in [3.05, 3.63) is 0 Å². The zero-order chi connectivity index (χ0) is 13.2. The van der Waals surface area contributed by atoms with Gasteiger partial charge in [-0.15, -0.1) is 0 Å². The molecule has 0 aliphatic carbocycles. The Hall–Kier alpha value is 0.759. The van der Waals surface area contributed by atoms with E-state index in [2.05, 4.69) is 25.7 Å². The van der Waals surface area contributed by atoms with E-state index in [0.717, 1.165) is 13.2 Å². The number of hydrogen-bond donors (Lipinski definition) is 0. The van der Waals surface area contributed by atoms with Crippen LogP contribution in [-0.4, -0.2) is 34.4 Å². The molecule has 0 fully saturated rings. The zero-order valence-corrected chi connectivity index (χ0v) is 15.5. The van der Waals surface area contributed by atoms with Gasteiger partial charge in [0, 0.05) is 13.2 Å². The van der Waals surface area contributed by atoms with Gasteiger partial charge in [-0.25, -0.2) is 0 Å². The van der Waals surface area contributed by atoms with Gasteiger partial charge in [0.2, 0.25) is 0 Å². The molecule has 104 valence electrons. The molecule has 2 heteroatoms. The van der Waals surface area contributed by atoms with E-state index in [1.54, 1.807) is 4.44 Å². The van der Waals surface area contributed by atoms with E-state index in [4.69, 9.17) is 4.74 Å². The van der Waals surface area contributed by atoms with E-state index < -0.39 is 0 Å². The van der Waals surface area contributed by atoms with E-state index in [-0.39, 0.29) is 21.1 Å². The quantitative estimate of drug-likeness (QED) is 0.361. The van der Waals surface area contributed by atoms with Crippen LogP contribution in [0, 0.1) is 0 Å². The van der Waals surface area contributed by atoms with Crippen LogP contribution in [0.3, 0.4) is 0 Å². The molecule has 0 rings (SSSR count). The van der Waals surface area contributed by atoms with Gasteiger partial charge in [0.05, 0.1) is 0 Å². The second-order valence-electron chi connectivity index (χ2n) is 4.48. The third kappa shape index (κ3) is 26.4. The Morgan fingerprint density at radius 2 is 1.18 bits per heavy atom. The minimum absolute atomic E-state index is 0.190.